The number of allylic oxidation sites excluding steroid dienone is 1. The Morgan fingerprint density at radius 1 is 1.40 bits per heavy atom. The standard InChI is InChI=1S/C16H18N2O2/c1-9(2)6-13-11-4-3-5-12-15(11)10(8-17-12)7-14(18-13)16(19)20/h3-6,8,13-14,17-18H,7H2,1-2H3,(H,19,20)/t13-,14-/m0/s1. The molecule has 2 aromatic rings. The van der Waals surface area contributed by atoms with Gasteiger partial charge in [-0.25, -0.2) is 0 Å². The smallest absolute Gasteiger partial charge is 0.321 e. The molecule has 0 aliphatic carbocycles. The minimum absolute atomic E-state index is 0.0677. The van der Waals surface area contributed by atoms with E-state index in [1.807, 2.05) is 32.2 Å². The third-order valence-electron chi connectivity index (χ3n) is 3.76. The van der Waals surface area contributed by atoms with E-state index in [0.29, 0.717) is 6.42 Å². The molecule has 0 radical (unpaired) electrons. The van der Waals surface area contributed by atoms with Gasteiger partial charge in [-0.15, -0.1) is 0 Å². The third-order valence-corrected chi connectivity index (χ3v) is 3.76. The lowest BCUT2D eigenvalue weighted by molar-refractivity contribution is -0.139. The van der Waals surface area contributed by atoms with Crippen LogP contribution in [0.5, 0.6) is 0 Å². The van der Waals surface area contributed by atoms with E-state index >= 15 is 0 Å². The maximum Gasteiger partial charge on any atom is 0.321 e. The third kappa shape index (κ3) is 2.12. The topological polar surface area (TPSA) is 65.1 Å². The highest BCUT2D eigenvalue weighted by molar-refractivity contribution is 5.89. The van der Waals surface area contributed by atoms with Crippen LogP contribution in [-0.2, 0) is 11.2 Å². The number of H-pyrrole nitrogens is 1. The van der Waals surface area contributed by atoms with Gasteiger partial charge in [-0.1, -0.05) is 23.8 Å². The van der Waals surface area contributed by atoms with Crippen LogP contribution >= 0.6 is 0 Å². The van der Waals surface area contributed by atoms with Crippen molar-refractivity contribution in [3.05, 3.63) is 47.2 Å². The van der Waals surface area contributed by atoms with Crippen molar-refractivity contribution in [2.75, 3.05) is 0 Å². The Balaban J connectivity index is 2.20. The molecule has 20 heavy (non-hydrogen) atoms. The lowest BCUT2D eigenvalue weighted by Gasteiger charge is -2.19. The summed E-state index contributed by atoms with van der Waals surface area (Å²) in [5.41, 5.74) is 4.45. The van der Waals surface area contributed by atoms with Crippen LogP contribution in [0.15, 0.2) is 36.0 Å². The van der Waals surface area contributed by atoms with Gasteiger partial charge in [-0.2, -0.15) is 0 Å². The van der Waals surface area contributed by atoms with E-state index in [0.717, 1.165) is 22.0 Å². The van der Waals surface area contributed by atoms with Gasteiger partial charge in [-0.05, 0) is 31.0 Å². The van der Waals surface area contributed by atoms with Crippen molar-refractivity contribution in [1.29, 1.82) is 0 Å². The monoisotopic (exact) mass is 270 g/mol. The van der Waals surface area contributed by atoms with Crippen LogP contribution in [0.3, 0.4) is 0 Å². The molecule has 0 saturated heterocycles. The van der Waals surface area contributed by atoms with Crippen molar-refractivity contribution < 1.29 is 9.90 Å². The summed E-state index contributed by atoms with van der Waals surface area (Å²) in [6.45, 7) is 4.06. The predicted molar refractivity (Wildman–Crippen MR) is 78.7 cm³/mol. The largest absolute Gasteiger partial charge is 0.480 e. The summed E-state index contributed by atoms with van der Waals surface area (Å²) in [6.07, 6.45) is 4.52. The van der Waals surface area contributed by atoms with Gasteiger partial charge < -0.3 is 10.1 Å². The van der Waals surface area contributed by atoms with E-state index in [4.69, 9.17) is 0 Å². The first kappa shape index (κ1) is 12.9. The van der Waals surface area contributed by atoms with Crippen molar-refractivity contribution in [2.24, 2.45) is 0 Å². The van der Waals surface area contributed by atoms with Gasteiger partial charge in [0.2, 0.25) is 0 Å². The number of nitrogens with one attached hydrogen (secondary N) is 2. The lowest BCUT2D eigenvalue weighted by atomic mass is 9.99. The molecule has 3 N–H and O–H groups in total. The van der Waals surface area contributed by atoms with E-state index in [-0.39, 0.29) is 6.04 Å². The molecular weight excluding hydrogens is 252 g/mol. The quantitative estimate of drug-likeness (QED) is 0.735. The minimum Gasteiger partial charge on any atom is -0.480 e. The Morgan fingerprint density at radius 3 is 2.90 bits per heavy atom. The Labute approximate surface area is 117 Å². The molecule has 1 aliphatic heterocycles. The number of carboxylic acid groups (broad SMARTS) is 1. The van der Waals surface area contributed by atoms with Gasteiger partial charge in [0.15, 0.2) is 0 Å². The summed E-state index contributed by atoms with van der Waals surface area (Å²) >= 11 is 0. The lowest BCUT2D eigenvalue weighted by Crippen LogP contribution is -2.39. The predicted octanol–water partition coefficient (Wildman–Crippen LogP) is 2.77. The number of hydrogen-bond donors (Lipinski definition) is 3. The summed E-state index contributed by atoms with van der Waals surface area (Å²) in [5.74, 6) is -0.806. The van der Waals surface area contributed by atoms with Crippen LogP contribution in [-0.4, -0.2) is 22.1 Å². The first-order valence-electron chi connectivity index (χ1n) is 6.79. The van der Waals surface area contributed by atoms with Crippen LogP contribution in [0.4, 0.5) is 0 Å². The number of rotatable bonds is 2. The zero-order valence-electron chi connectivity index (χ0n) is 11.6. The first-order chi connectivity index (χ1) is 9.56. The molecule has 104 valence electrons. The van der Waals surface area contributed by atoms with Crippen LogP contribution in [0.1, 0.15) is 31.0 Å². The molecule has 4 nitrogen and oxygen atoms in total. The minimum atomic E-state index is -0.806. The molecule has 0 unspecified atom stereocenters. The number of aromatic nitrogens is 1. The van der Waals surface area contributed by atoms with Gasteiger partial charge in [-0.3, -0.25) is 10.1 Å². The molecule has 2 heterocycles. The molecular formula is C16H18N2O2. The maximum atomic E-state index is 11.4. The van der Waals surface area contributed by atoms with Gasteiger partial charge in [0.25, 0.3) is 0 Å². The average molecular weight is 270 g/mol. The van der Waals surface area contributed by atoms with Crippen LogP contribution in [0, 0.1) is 0 Å². The summed E-state index contributed by atoms with van der Waals surface area (Å²) in [4.78, 5) is 14.7. The highest BCUT2D eigenvalue weighted by atomic mass is 16.4. The fourth-order valence-corrected chi connectivity index (χ4v) is 2.92. The van der Waals surface area contributed by atoms with Crippen molar-refractivity contribution in [2.45, 2.75) is 32.4 Å². The molecule has 0 amide bonds. The second-order valence-corrected chi connectivity index (χ2v) is 5.57. The molecule has 1 aromatic heterocycles. The molecule has 4 heteroatoms. The molecule has 1 aliphatic rings. The number of aromatic amines is 1. The van der Waals surface area contributed by atoms with E-state index in [9.17, 15) is 9.90 Å². The van der Waals surface area contributed by atoms with Crippen molar-refractivity contribution in [3.8, 4) is 0 Å². The number of benzene rings is 1. The van der Waals surface area contributed by atoms with Crippen molar-refractivity contribution in [3.63, 3.8) is 0 Å². The SMILES string of the molecule is CC(C)=C[C@@H]1N[C@H](C(=O)O)Cc2c[nH]c3cccc1c23. The summed E-state index contributed by atoms with van der Waals surface area (Å²) in [5, 5.41) is 13.8. The summed E-state index contributed by atoms with van der Waals surface area (Å²) in [7, 11) is 0. The average Bonchev–Trinajstić information content (AvgIpc) is 2.72. The highest BCUT2D eigenvalue weighted by Gasteiger charge is 2.28. The molecule has 3 rings (SSSR count). The van der Waals surface area contributed by atoms with E-state index in [1.165, 1.54) is 5.57 Å². The Morgan fingerprint density at radius 2 is 2.20 bits per heavy atom. The van der Waals surface area contributed by atoms with Crippen LogP contribution in [0.25, 0.3) is 10.9 Å². The molecule has 1 aromatic carbocycles. The molecule has 2 atom stereocenters. The second-order valence-electron chi connectivity index (χ2n) is 5.57. The fourth-order valence-electron chi connectivity index (χ4n) is 2.92. The van der Waals surface area contributed by atoms with Crippen molar-refractivity contribution >= 4 is 16.9 Å². The van der Waals surface area contributed by atoms with Crippen molar-refractivity contribution in [1.82, 2.24) is 10.3 Å². The number of carboxylic acids is 1. The summed E-state index contributed by atoms with van der Waals surface area (Å²) in [6, 6.07) is 5.47. The van der Waals surface area contributed by atoms with Gasteiger partial charge in [0.05, 0.1) is 6.04 Å². The number of aliphatic carboxylic acids is 1. The first-order valence-corrected chi connectivity index (χ1v) is 6.79. The van der Waals surface area contributed by atoms with Gasteiger partial charge in [0, 0.05) is 23.5 Å². The zero-order chi connectivity index (χ0) is 14.3. The zero-order valence-corrected chi connectivity index (χ0v) is 11.6. The maximum absolute atomic E-state index is 11.4. The van der Waals surface area contributed by atoms with E-state index in [2.05, 4.69) is 22.4 Å². The normalized spacial score (nSPS) is 21.5. The second kappa shape index (κ2) is 4.80. The van der Waals surface area contributed by atoms with E-state index in [1.54, 1.807) is 0 Å². The van der Waals surface area contributed by atoms with Crippen LogP contribution in [0.2, 0.25) is 0 Å². The van der Waals surface area contributed by atoms with E-state index < -0.39 is 12.0 Å². The van der Waals surface area contributed by atoms with Crippen LogP contribution < -0.4 is 5.32 Å². The number of carbonyl (C=O) groups is 1. The molecule has 0 spiro atoms. The summed E-state index contributed by atoms with van der Waals surface area (Å²) < 4.78 is 0. The molecule has 0 fully saturated rings. The highest BCUT2D eigenvalue weighted by Crippen LogP contribution is 2.32. The molecule has 0 bridgehead atoms. The Bertz CT molecular complexity index is 696. The fraction of sp³-hybridized carbons (Fsp3) is 0.312. The van der Waals surface area contributed by atoms with Gasteiger partial charge >= 0.3 is 5.97 Å². The number of hydrogen-bond acceptors (Lipinski definition) is 2. The van der Waals surface area contributed by atoms with Gasteiger partial charge in [0.1, 0.15) is 6.04 Å². The molecule has 0 saturated carbocycles. The Hall–Kier alpha value is -2.07. The Kier molecular flexibility index (Phi) is 3.10.